The number of ether oxygens (including phenoxy) is 2. The highest BCUT2D eigenvalue weighted by molar-refractivity contribution is 7.47. The number of hydrogen-bond acceptors (Lipinski definition) is 7. The van der Waals surface area contributed by atoms with Crippen molar-refractivity contribution < 1.29 is 42.1 Å². The lowest BCUT2D eigenvalue weighted by molar-refractivity contribution is -0.870. The lowest BCUT2D eigenvalue weighted by Gasteiger charge is -2.24. The monoisotopic (exact) mass is 676 g/mol. The minimum Gasteiger partial charge on any atom is -0.462 e. The van der Waals surface area contributed by atoms with Gasteiger partial charge < -0.3 is 18.9 Å². The summed E-state index contributed by atoms with van der Waals surface area (Å²) in [6.07, 6.45) is 26.9. The quantitative estimate of drug-likeness (QED) is 0.0241. The van der Waals surface area contributed by atoms with Crippen molar-refractivity contribution in [2.45, 2.75) is 161 Å². The zero-order chi connectivity index (χ0) is 34.4. The molecule has 0 fully saturated rings. The van der Waals surface area contributed by atoms with Crippen molar-refractivity contribution in [3.63, 3.8) is 0 Å². The first-order valence-corrected chi connectivity index (χ1v) is 19.9. The van der Waals surface area contributed by atoms with Crippen LogP contribution in [0.4, 0.5) is 0 Å². The number of nitrogens with zero attached hydrogens (tertiary/aromatic N) is 1. The number of rotatable bonds is 33. The first kappa shape index (κ1) is 44.8. The van der Waals surface area contributed by atoms with Crippen molar-refractivity contribution in [3.8, 4) is 0 Å². The molecule has 0 amide bonds. The van der Waals surface area contributed by atoms with Gasteiger partial charge in [-0.05, 0) is 38.5 Å². The molecule has 10 heteroatoms. The van der Waals surface area contributed by atoms with Crippen LogP contribution in [0.25, 0.3) is 0 Å². The van der Waals surface area contributed by atoms with Crippen LogP contribution in [0.2, 0.25) is 0 Å². The molecule has 0 aliphatic heterocycles. The number of quaternary nitrogens is 1. The minimum absolute atomic E-state index is 0.0325. The van der Waals surface area contributed by atoms with Crippen molar-refractivity contribution >= 4 is 19.8 Å². The molecule has 1 N–H and O–H groups in total. The van der Waals surface area contributed by atoms with Gasteiger partial charge in [-0.1, -0.05) is 116 Å². The number of allylic oxidation sites excluding steroid dienone is 2. The summed E-state index contributed by atoms with van der Waals surface area (Å²) in [5, 5.41) is 0. The Kier molecular flexibility index (Phi) is 29.0. The fraction of sp³-hybridized carbons (Fsp3) is 0.889. The van der Waals surface area contributed by atoms with Gasteiger partial charge >= 0.3 is 19.8 Å². The first-order valence-electron chi connectivity index (χ1n) is 18.4. The van der Waals surface area contributed by atoms with E-state index >= 15 is 0 Å². The van der Waals surface area contributed by atoms with Crippen molar-refractivity contribution in [2.75, 3.05) is 47.5 Å². The highest BCUT2D eigenvalue weighted by Crippen LogP contribution is 2.43. The summed E-state index contributed by atoms with van der Waals surface area (Å²) in [4.78, 5) is 35.0. The summed E-state index contributed by atoms with van der Waals surface area (Å²) in [6.45, 7) is 4.36. The Hall–Kier alpha value is -1.25. The average Bonchev–Trinajstić information content (AvgIpc) is 2.99. The number of hydrogen-bond donors (Lipinski definition) is 1. The van der Waals surface area contributed by atoms with E-state index in [1.807, 2.05) is 21.1 Å². The molecule has 0 aromatic rings. The van der Waals surface area contributed by atoms with Crippen molar-refractivity contribution in [2.24, 2.45) is 0 Å². The predicted octanol–water partition coefficient (Wildman–Crippen LogP) is 9.46. The number of unbranched alkanes of at least 4 members (excludes halogenated alkanes) is 17. The number of phosphoric acid groups is 1. The second-order valence-electron chi connectivity index (χ2n) is 13.6. The molecule has 0 aliphatic rings. The average molecular weight is 677 g/mol. The van der Waals surface area contributed by atoms with Gasteiger partial charge in [-0.3, -0.25) is 18.6 Å². The molecular formula is C36H71NO8P+. The van der Waals surface area contributed by atoms with Gasteiger partial charge in [0.05, 0.1) is 27.7 Å². The zero-order valence-electron chi connectivity index (χ0n) is 30.3. The molecule has 46 heavy (non-hydrogen) atoms. The lowest BCUT2D eigenvalue weighted by Crippen LogP contribution is -2.37. The molecule has 0 spiro atoms. The topological polar surface area (TPSA) is 108 Å². The third-order valence-electron chi connectivity index (χ3n) is 7.80. The van der Waals surface area contributed by atoms with Crippen LogP contribution in [0.1, 0.15) is 155 Å². The number of phosphoric ester groups is 1. The summed E-state index contributed by atoms with van der Waals surface area (Å²) in [7, 11) is 1.47. The number of carbonyl (C=O) groups is 2. The molecule has 272 valence electrons. The molecule has 0 saturated heterocycles. The lowest BCUT2D eigenvalue weighted by atomic mass is 10.1. The maximum atomic E-state index is 12.6. The molecule has 0 aromatic heterocycles. The van der Waals surface area contributed by atoms with E-state index in [4.69, 9.17) is 18.5 Å². The molecular weight excluding hydrogens is 605 g/mol. The minimum atomic E-state index is -4.36. The smallest absolute Gasteiger partial charge is 0.462 e. The highest BCUT2D eigenvalue weighted by Gasteiger charge is 2.27. The van der Waals surface area contributed by atoms with Crippen LogP contribution < -0.4 is 0 Å². The zero-order valence-corrected chi connectivity index (χ0v) is 31.2. The van der Waals surface area contributed by atoms with Crippen molar-refractivity contribution in [1.29, 1.82) is 0 Å². The van der Waals surface area contributed by atoms with Gasteiger partial charge in [0.15, 0.2) is 6.10 Å². The normalized spacial score (nSPS) is 14.0. The summed E-state index contributed by atoms with van der Waals surface area (Å²) in [5.74, 6) is -0.810. The van der Waals surface area contributed by atoms with E-state index in [0.717, 1.165) is 51.4 Å². The molecule has 0 saturated carbocycles. The molecule has 0 aromatic carbocycles. The predicted molar refractivity (Wildman–Crippen MR) is 188 cm³/mol. The van der Waals surface area contributed by atoms with Crippen LogP contribution in [0.15, 0.2) is 12.2 Å². The van der Waals surface area contributed by atoms with Gasteiger partial charge in [0.2, 0.25) is 0 Å². The van der Waals surface area contributed by atoms with Gasteiger partial charge in [0.25, 0.3) is 0 Å². The summed E-state index contributed by atoms with van der Waals surface area (Å²) in [5.41, 5.74) is 0. The Bertz CT molecular complexity index is 814. The molecule has 2 atom stereocenters. The Balaban J connectivity index is 4.47. The molecule has 0 heterocycles. The van der Waals surface area contributed by atoms with Gasteiger partial charge in [-0.15, -0.1) is 0 Å². The summed E-state index contributed by atoms with van der Waals surface area (Å²) in [6, 6.07) is 0. The summed E-state index contributed by atoms with van der Waals surface area (Å²) >= 11 is 0. The van der Waals surface area contributed by atoms with Gasteiger partial charge in [-0.2, -0.15) is 0 Å². The second-order valence-corrected chi connectivity index (χ2v) is 15.1. The molecule has 0 aliphatic carbocycles. The van der Waals surface area contributed by atoms with E-state index in [9.17, 15) is 19.0 Å². The molecule has 2 unspecified atom stereocenters. The number of esters is 2. The van der Waals surface area contributed by atoms with E-state index in [0.29, 0.717) is 23.9 Å². The SMILES string of the molecule is CCCCCC/C=C\CCCCCCCC(=O)OC(COC(=O)CCCCCCCCCCC)COP(=O)(O)OCC[N+](C)(C)C. The molecule has 0 rings (SSSR count). The van der Waals surface area contributed by atoms with Gasteiger partial charge in [0.1, 0.15) is 19.8 Å². The molecule has 0 bridgehead atoms. The third kappa shape index (κ3) is 32.7. The standard InChI is InChI=1S/C36H70NO8P/c1-6-8-10-12-14-16-17-18-19-21-23-25-27-29-36(39)45-34(33-44-46(40,41)43-31-30-37(3,4)5)32-42-35(38)28-26-24-22-20-15-13-11-9-7-2/h16-17,34H,6-15,18-33H2,1-5H3/p+1/b17-16-. The molecule has 9 nitrogen and oxygen atoms in total. The van der Waals surface area contributed by atoms with Crippen molar-refractivity contribution in [3.05, 3.63) is 12.2 Å². The van der Waals surface area contributed by atoms with Gasteiger partial charge in [-0.25, -0.2) is 4.57 Å². The van der Waals surface area contributed by atoms with Crippen LogP contribution in [0, 0.1) is 0 Å². The van der Waals surface area contributed by atoms with Crippen LogP contribution in [0.5, 0.6) is 0 Å². The Labute approximate surface area is 282 Å². The second kappa shape index (κ2) is 29.9. The molecule has 0 radical (unpaired) electrons. The maximum Gasteiger partial charge on any atom is 0.472 e. The van der Waals surface area contributed by atoms with Crippen LogP contribution in [-0.4, -0.2) is 74.9 Å². The van der Waals surface area contributed by atoms with Crippen LogP contribution in [-0.2, 0) is 32.7 Å². The third-order valence-corrected chi connectivity index (χ3v) is 8.78. The largest absolute Gasteiger partial charge is 0.472 e. The summed E-state index contributed by atoms with van der Waals surface area (Å²) < 4.78 is 34.0. The van der Waals surface area contributed by atoms with E-state index in [2.05, 4.69) is 26.0 Å². The van der Waals surface area contributed by atoms with Crippen LogP contribution >= 0.6 is 7.82 Å². The van der Waals surface area contributed by atoms with E-state index in [1.54, 1.807) is 0 Å². The van der Waals surface area contributed by atoms with E-state index < -0.39 is 26.5 Å². The Morgan fingerprint density at radius 2 is 1.11 bits per heavy atom. The maximum absolute atomic E-state index is 12.6. The fourth-order valence-electron chi connectivity index (χ4n) is 4.83. The Morgan fingerprint density at radius 1 is 0.652 bits per heavy atom. The van der Waals surface area contributed by atoms with Crippen LogP contribution in [0.3, 0.4) is 0 Å². The van der Waals surface area contributed by atoms with Gasteiger partial charge in [0, 0.05) is 12.8 Å². The number of likely N-dealkylation sites (N-methyl/N-ethyl adjacent to an activating group) is 1. The van der Waals surface area contributed by atoms with E-state index in [1.165, 1.54) is 70.6 Å². The van der Waals surface area contributed by atoms with E-state index in [-0.39, 0.29) is 25.6 Å². The number of carbonyl (C=O) groups excluding carboxylic acids is 2. The first-order chi connectivity index (χ1) is 22.0. The Morgan fingerprint density at radius 3 is 1.63 bits per heavy atom. The fourth-order valence-corrected chi connectivity index (χ4v) is 5.57. The highest BCUT2D eigenvalue weighted by atomic mass is 31.2. The van der Waals surface area contributed by atoms with Crippen molar-refractivity contribution in [1.82, 2.24) is 0 Å².